The molecule has 2 rings (SSSR count). The van der Waals surface area contributed by atoms with E-state index in [2.05, 4.69) is 15.6 Å². The number of anilines is 1. The third-order valence-corrected chi connectivity index (χ3v) is 2.68. The first-order valence-corrected chi connectivity index (χ1v) is 5.83. The van der Waals surface area contributed by atoms with Gasteiger partial charge in [-0.2, -0.15) is 0 Å². The molecule has 1 saturated carbocycles. The van der Waals surface area contributed by atoms with Gasteiger partial charge in [-0.15, -0.1) is 0 Å². The summed E-state index contributed by atoms with van der Waals surface area (Å²) in [6, 6.07) is 2.34. The van der Waals surface area contributed by atoms with E-state index >= 15 is 0 Å². The molecule has 0 amide bonds. The van der Waals surface area contributed by atoms with Crippen LogP contribution >= 0.6 is 0 Å². The van der Waals surface area contributed by atoms with Gasteiger partial charge in [-0.05, 0) is 31.9 Å². The van der Waals surface area contributed by atoms with Gasteiger partial charge in [0, 0.05) is 18.8 Å². The van der Waals surface area contributed by atoms with Crippen LogP contribution in [0.1, 0.15) is 19.3 Å². The summed E-state index contributed by atoms with van der Waals surface area (Å²) in [6.45, 7) is 1.68. The minimum Gasteiger partial charge on any atom is -0.379 e. The van der Waals surface area contributed by atoms with E-state index < -0.39 is 4.92 Å². The molecule has 0 aromatic carbocycles. The van der Waals surface area contributed by atoms with Crippen molar-refractivity contribution < 1.29 is 4.92 Å². The van der Waals surface area contributed by atoms with Crippen LogP contribution in [0.25, 0.3) is 0 Å². The largest absolute Gasteiger partial charge is 0.379 e. The first-order chi connectivity index (χ1) is 8.27. The SMILES string of the molecule is O=[N+]([O-])c1cnccc1NCCCNC1CC1. The second-order valence-corrected chi connectivity index (χ2v) is 4.16. The molecule has 1 heterocycles. The molecule has 0 aliphatic heterocycles. The van der Waals surface area contributed by atoms with E-state index in [0.29, 0.717) is 11.7 Å². The van der Waals surface area contributed by atoms with E-state index in [9.17, 15) is 10.1 Å². The lowest BCUT2D eigenvalue weighted by atomic mass is 10.3. The minimum atomic E-state index is -0.419. The van der Waals surface area contributed by atoms with Crippen LogP contribution in [0.3, 0.4) is 0 Å². The van der Waals surface area contributed by atoms with Gasteiger partial charge in [-0.3, -0.25) is 15.1 Å². The fourth-order valence-corrected chi connectivity index (χ4v) is 1.59. The second kappa shape index (κ2) is 5.58. The van der Waals surface area contributed by atoms with Crippen molar-refractivity contribution in [1.82, 2.24) is 10.3 Å². The summed E-state index contributed by atoms with van der Waals surface area (Å²) in [5, 5.41) is 17.2. The summed E-state index contributed by atoms with van der Waals surface area (Å²) in [7, 11) is 0. The lowest BCUT2D eigenvalue weighted by Crippen LogP contribution is -2.20. The minimum absolute atomic E-state index is 0.0302. The van der Waals surface area contributed by atoms with Crippen molar-refractivity contribution >= 4 is 11.4 Å². The van der Waals surface area contributed by atoms with E-state index in [4.69, 9.17) is 0 Å². The standard InChI is InChI=1S/C11H16N4O2/c16-15(17)11-8-12-7-4-10(11)14-6-1-5-13-9-2-3-9/h4,7-9,13H,1-3,5-6H2,(H,12,14). The zero-order chi connectivity index (χ0) is 12.1. The number of nitro groups is 1. The number of nitrogens with zero attached hydrogens (tertiary/aromatic N) is 2. The highest BCUT2D eigenvalue weighted by molar-refractivity contribution is 5.59. The van der Waals surface area contributed by atoms with Crippen molar-refractivity contribution in [2.45, 2.75) is 25.3 Å². The molecule has 1 aromatic rings. The van der Waals surface area contributed by atoms with Crippen LogP contribution in [-0.4, -0.2) is 29.0 Å². The molecule has 6 heteroatoms. The number of pyridine rings is 1. The maximum atomic E-state index is 10.7. The molecule has 92 valence electrons. The maximum absolute atomic E-state index is 10.7. The second-order valence-electron chi connectivity index (χ2n) is 4.16. The molecule has 17 heavy (non-hydrogen) atoms. The molecule has 0 bridgehead atoms. The summed E-state index contributed by atoms with van der Waals surface area (Å²) in [6.07, 6.45) is 6.34. The highest BCUT2D eigenvalue weighted by atomic mass is 16.6. The Balaban J connectivity index is 1.75. The summed E-state index contributed by atoms with van der Waals surface area (Å²) in [5.41, 5.74) is 0.569. The number of nitrogens with one attached hydrogen (secondary N) is 2. The summed E-state index contributed by atoms with van der Waals surface area (Å²) >= 11 is 0. The Morgan fingerprint density at radius 3 is 3.00 bits per heavy atom. The number of hydrogen-bond donors (Lipinski definition) is 2. The van der Waals surface area contributed by atoms with Crippen LogP contribution < -0.4 is 10.6 Å². The van der Waals surface area contributed by atoms with Gasteiger partial charge in [0.25, 0.3) is 0 Å². The molecule has 1 aliphatic rings. The number of rotatable bonds is 7. The summed E-state index contributed by atoms with van der Waals surface area (Å²) in [4.78, 5) is 14.1. The smallest absolute Gasteiger partial charge is 0.310 e. The molecule has 1 aliphatic carbocycles. The van der Waals surface area contributed by atoms with Gasteiger partial charge >= 0.3 is 5.69 Å². The van der Waals surface area contributed by atoms with E-state index in [1.165, 1.54) is 19.0 Å². The van der Waals surface area contributed by atoms with Crippen LogP contribution in [-0.2, 0) is 0 Å². The third kappa shape index (κ3) is 3.67. The monoisotopic (exact) mass is 236 g/mol. The Morgan fingerprint density at radius 1 is 1.47 bits per heavy atom. The van der Waals surface area contributed by atoms with Gasteiger partial charge in [0.05, 0.1) is 4.92 Å². The molecule has 0 radical (unpaired) electrons. The number of aromatic nitrogens is 1. The highest BCUT2D eigenvalue weighted by Gasteiger charge is 2.19. The molecular formula is C11H16N4O2. The maximum Gasteiger partial charge on any atom is 0.310 e. The fraction of sp³-hybridized carbons (Fsp3) is 0.545. The van der Waals surface area contributed by atoms with Crippen LogP contribution in [0.5, 0.6) is 0 Å². The molecular weight excluding hydrogens is 220 g/mol. The van der Waals surface area contributed by atoms with Gasteiger partial charge in [-0.25, -0.2) is 0 Å². The molecule has 1 aromatic heterocycles. The summed E-state index contributed by atoms with van der Waals surface area (Å²) in [5.74, 6) is 0. The van der Waals surface area contributed by atoms with Gasteiger partial charge in [0.15, 0.2) is 0 Å². The van der Waals surface area contributed by atoms with Crippen molar-refractivity contribution in [2.24, 2.45) is 0 Å². The van der Waals surface area contributed by atoms with E-state index in [1.807, 2.05) is 0 Å². The molecule has 2 N–H and O–H groups in total. The Hall–Kier alpha value is -1.69. The molecule has 0 unspecified atom stereocenters. The van der Waals surface area contributed by atoms with E-state index in [1.54, 1.807) is 12.3 Å². The lowest BCUT2D eigenvalue weighted by molar-refractivity contribution is -0.384. The van der Waals surface area contributed by atoms with Crippen molar-refractivity contribution in [3.63, 3.8) is 0 Å². The van der Waals surface area contributed by atoms with Gasteiger partial charge in [-0.1, -0.05) is 0 Å². The van der Waals surface area contributed by atoms with Crippen LogP contribution in [0.4, 0.5) is 11.4 Å². The van der Waals surface area contributed by atoms with Crippen LogP contribution in [0, 0.1) is 10.1 Å². The third-order valence-electron chi connectivity index (χ3n) is 2.68. The average Bonchev–Trinajstić information content (AvgIpc) is 3.13. The van der Waals surface area contributed by atoms with Crippen molar-refractivity contribution in [2.75, 3.05) is 18.4 Å². The predicted octanol–water partition coefficient (Wildman–Crippen LogP) is 1.54. The van der Waals surface area contributed by atoms with Crippen molar-refractivity contribution in [3.8, 4) is 0 Å². The zero-order valence-electron chi connectivity index (χ0n) is 9.56. The van der Waals surface area contributed by atoms with Gasteiger partial charge < -0.3 is 10.6 Å². The van der Waals surface area contributed by atoms with E-state index in [0.717, 1.165) is 19.5 Å². The Morgan fingerprint density at radius 2 is 2.29 bits per heavy atom. The first-order valence-electron chi connectivity index (χ1n) is 5.83. The number of hydrogen-bond acceptors (Lipinski definition) is 5. The molecule has 6 nitrogen and oxygen atoms in total. The fourth-order valence-electron chi connectivity index (χ4n) is 1.59. The Labute approximate surface area is 99.6 Å². The Kier molecular flexibility index (Phi) is 3.87. The molecule has 0 spiro atoms. The molecule has 1 fully saturated rings. The van der Waals surface area contributed by atoms with Gasteiger partial charge in [0.2, 0.25) is 0 Å². The molecule has 0 atom stereocenters. The van der Waals surface area contributed by atoms with Crippen molar-refractivity contribution in [1.29, 1.82) is 0 Å². The first kappa shape index (κ1) is 11.8. The van der Waals surface area contributed by atoms with Crippen LogP contribution in [0.15, 0.2) is 18.5 Å². The van der Waals surface area contributed by atoms with Gasteiger partial charge in [0.1, 0.15) is 11.9 Å². The average molecular weight is 236 g/mol. The Bertz CT molecular complexity index is 393. The quantitative estimate of drug-likeness (QED) is 0.426. The van der Waals surface area contributed by atoms with Crippen molar-refractivity contribution in [3.05, 3.63) is 28.6 Å². The zero-order valence-corrected chi connectivity index (χ0v) is 9.56. The predicted molar refractivity (Wildman–Crippen MR) is 65.0 cm³/mol. The topological polar surface area (TPSA) is 80.1 Å². The van der Waals surface area contributed by atoms with Crippen LogP contribution in [0.2, 0.25) is 0 Å². The highest BCUT2D eigenvalue weighted by Crippen LogP contribution is 2.21. The lowest BCUT2D eigenvalue weighted by Gasteiger charge is -2.06. The molecule has 0 saturated heterocycles. The summed E-state index contributed by atoms with van der Waals surface area (Å²) < 4.78 is 0. The van der Waals surface area contributed by atoms with E-state index in [-0.39, 0.29) is 5.69 Å². The normalized spacial score (nSPS) is 14.6.